The summed E-state index contributed by atoms with van der Waals surface area (Å²) < 4.78 is 0. The summed E-state index contributed by atoms with van der Waals surface area (Å²) >= 11 is 0. The number of anilines is 1. The van der Waals surface area contributed by atoms with E-state index >= 15 is 0 Å². The molecule has 0 spiro atoms. The second-order valence-corrected chi connectivity index (χ2v) is 6.01. The van der Waals surface area contributed by atoms with Crippen molar-refractivity contribution in [2.24, 2.45) is 5.73 Å². The molecular weight excluding hydrogens is 250 g/mol. The van der Waals surface area contributed by atoms with Crippen LogP contribution in [-0.2, 0) is 11.3 Å². The first-order valence-electron chi connectivity index (χ1n) is 7.11. The molecule has 0 aliphatic heterocycles. The number of nitrogens with two attached hydrogens (primary N) is 1. The van der Waals surface area contributed by atoms with Crippen molar-refractivity contribution in [2.45, 2.75) is 45.7 Å². The number of hydrogen-bond donors (Lipinski definition) is 2. The van der Waals surface area contributed by atoms with E-state index in [4.69, 9.17) is 5.73 Å². The summed E-state index contributed by atoms with van der Waals surface area (Å²) in [4.78, 5) is 14.4. The van der Waals surface area contributed by atoms with E-state index in [0.29, 0.717) is 6.42 Å². The van der Waals surface area contributed by atoms with Crippen LogP contribution in [0.15, 0.2) is 18.2 Å². The molecule has 0 aliphatic carbocycles. The highest BCUT2D eigenvalue weighted by Gasteiger charge is 2.27. The van der Waals surface area contributed by atoms with Gasteiger partial charge in [-0.05, 0) is 51.6 Å². The van der Waals surface area contributed by atoms with Crippen molar-refractivity contribution in [2.75, 3.05) is 19.4 Å². The summed E-state index contributed by atoms with van der Waals surface area (Å²) in [6.45, 7) is 6.65. The lowest BCUT2D eigenvalue weighted by atomic mass is 9.96. The van der Waals surface area contributed by atoms with Gasteiger partial charge in [-0.3, -0.25) is 4.79 Å². The van der Waals surface area contributed by atoms with Gasteiger partial charge in [-0.1, -0.05) is 25.5 Å². The molecule has 4 nitrogen and oxygen atoms in total. The summed E-state index contributed by atoms with van der Waals surface area (Å²) in [5.41, 5.74) is 8.32. The van der Waals surface area contributed by atoms with Gasteiger partial charge in [-0.25, -0.2) is 0 Å². The second-order valence-electron chi connectivity index (χ2n) is 6.01. The van der Waals surface area contributed by atoms with Crippen LogP contribution in [0.5, 0.6) is 0 Å². The molecule has 112 valence electrons. The van der Waals surface area contributed by atoms with Crippen LogP contribution in [0.2, 0.25) is 0 Å². The monoisotopic (exact) mass is 277 g/mol. The topological polar surface area (TPSA) is 58.4 Å². The molecule has 1 unspecified atom stereocenters. The lowest BCUT2D eigenvalue weighted by Gasteiger charge is -2.23. The average Bonchev–Trinajstić information content (AvgIpc) is 2.32. The zero-order valence-electron chi connectivity index (χ0n) is 13.3. The molecule has 1 amide bonds. The van der Waals surface area contributed by atoms with E-state index in [-0.39, 0.29) is 5.91 Å². The van der Waals surface area contributed by atoms with Crippen LogP contribution in [0.3, 0.4) is 0 Å². The first kappa shape index (κ1) is 16.7. The number of aryl methyl sites for hydroxylation is 1. The maximum Gasteiger partial charge on any atom is 0.244 e. The van der Waals surface area contributed by atoms with Crippen LogP contribution >= 0.6 is 0 Å². The van der Waals surface area contributed by atoms with Crippen LogP contribution in [0, 0.1) is 6.92 Å². The summed E-state index contributed by atoms with van der Waals surface area (Å²) in [6, 6.07) is 6.13. The third kappa shape index (κ3) is 4.62. The number of benzene rings is 1. The highest BCUT2D eigenvalue weighted by atomic mass is 16.2. The predicted octanol–water partition coefficient (Wildman–Crippen LogP) is 2.51. The first-order chi connectivity index (χ1) is 9.26. The fraction of sp³-hybridized carbons (Fsp3) is 0.562. The number of carbonyl (C=O) groups excluding carboxylic acids is 1. The number of hydrogen-bond acceptors (Lipinski definition) is 3. The largest absolute Gasteiger partial charge is 0.324 e. The Kier molecular flexibility index (Phi) is 5.72. The van der Waals surface area contributed by atoms with Crippen LogP contribution < -0.4 is 11.1 Å². The lowest BCUT2D eigenvalue weighted by Crippen LogP contribution is -2.48. The van der Waals surface area contributed by atoms with Gasteiger partial charge in [0.15, 0.2) is 0 Å². The molecular formula is C16H27N3O. The van der Waals surface area contributed by atoms with Gasteiger partial charge in [0.25, 0.3) is 0 Å². The molecule has 4 heteroatoms. The minimum absolute atomic E-state index is 0.121. The molecule has 1 aromatic rings. The SMILES string of the molecule is CCCC(C)(N)C(=O)Nc1cc(CN(C)C)ccc1C. The number of amides is 1. The van der Waals surface area contributed by atoms with Gasteiger partial charge >= 0.3 is 0 Å². The normalized spacial score (nSPS) is 14.2. The quantitative estimate of drug-likeness (QED) is 0.840. The molecule has 0 aliphatic rings. The fourth-order valence-electron chi connectivity index (χ4n) is 2.17. The third-order valence-electron chi connectivity index (χ3n) is 3.34. The highest BCUT2D eigenvalue weighted by molar-refractivity contribution is 5.98. The fourth-order valence-corrected chi connectivity index (χ4v) is 2.17. The van der Waals surface area contributed by atoms with E-state index < -0.39 is 5.54 Å². The van der Waals surface area contributed by atoms with Gasteiger partial charge in [0.1, 0.15) is 0 Å². The number of nitrogens with one attached hydrogen (secondary N) is 1. The second kappa shape index (κ2) is 6.86. The molecule has 1 rings (SSSR count). The van der Waals surface area contributed by atoms with Gasteiger partial charge < -0.3 is 16.0 Å². The van der Waals surface area contributed by atoms with Crippen LogP contribution in [0.4, 0.5) is 5.69 Å². The summed E-state index contributed by atoms with van der Waals surface area (Å²) in [6.07, 6.45) is 1.56. The number of rotatable bonds is 6. The van der Waals surface area contributed by atoms with Crippen LogP contribution in [0.25, 0.3) is 0 Å². The van der Waals surface area contributed by atoms with Crippen molar-refractivity contribution in [3.63, 3.8) is 0 Å². The summed E-state index contributed by atoms with van der Waals surface area (Å²) in [7, 11) is 4.05. The molecule has 0 saturated heterocycles. The van der Waals surface area contributed by atoms with Gasteiger partial charge in [0.2, 0.25) is 5.91 Å². The molecule has 3 N–H and O–H groups in total. The molecule has 20 heavy (non-hydrogen) atoms. The molecule has 0 heterocycles. The maximum atomic E-state index is 12.3. The Hall–Kier alpha value is -1.39. The average molecular weight is 277 g/mol. The Labute approximate surface area is 122 Å². The highest BCUT2D eigenvalue weighted by Crippen LogP contribution is 2.20. The Morgan fingerprint density at radius 2 is 2.05 bits per heavy atom. The molecule has 0 fully saturated rings. The molecule has 0 radical (unpaired) electrons. The van der Waals surface area contributed by atoms with E-state index in [1.54, 1.807) is 6.92 Å². The molecule has 1 atom stereocenters. The van der Waals surface area contributed by atoms with Crippen molar-refractivity contribution in [3.8, 4) is 0 Å². The molecule has 1 aromatic carbocycles. The van der Waals surface area contributed by atoms with Crippen LogP contribution in [0.1, 0.15) is 37.8 Å². The van der Waals surface area contributed by atoms with Crippen molar-refractivity contribution < 1.29 is 4.79 Å². The van der Waals surface area contributed by atoms with E-state index in [2.05, 4.69) is 16.3 Å². The van der Waals surface area contributed by atoms with Gasteiger partial charge in [0, 0.05) is 12.2 Å². The van der Waals surface area contributed by atoms with Crippen molar-refractivity contribution in [3.05, 3.63) is 29.3 Å². The van der Waals surface area contributed by atoms with Gasteiger partial charge in [-0.15, -0.1) is 0 Å². The number of carbonyl (C=O) groups is 1. The Balaban J connectivity index is 2.88. The lowest BCUT2D eigenvalue weighted by molar-refractivity contribution is -0.120. The molecule has 0 bridgehead atoms. The predicted molar refractivity (Wildman–Crippen MR) is 84.7 cm³/mol. The van der Waals surface area contributed by atoms with Crippen molar-refractivity contribution >= 4 is 11.6 Å². The molecule has 0 aromatic heterocycles. The van der Waals surface area contributed by atoms with Gasteiger partial charge in [0.05, 0.1) is 5.54 Å². The van der Waals surface area contributed by atoms with Crippen molar-refractivity contribution in [1.29, 1.82) is 0 Å². The minimum atomic E-state index is -0.821. The van der Waals surface area contributed by atoms with E-state index in [0.717, 1.165) is 24.2 Å². The zero-order chi connectivity index (χ0) is 15.3. The minimum Gasteiger partial charge on any atom is -0.324 e. The summed E-state index contributed by atoms with van der Waals surface area (Å²) in [5, 5.41) is 2.97. The van der Waals surface area contributed by atoms with Gasteiger partial charge in [-0.2, -0.15) is 0 Å². The van der Waals surface area contributed by atoms with Crippen molar-refractivity contribution in [1.82, 2.24) is 4.90 Å². The standard InChI is InChI=1S/C16H27N3O/c1-6-9-16(3,17)15(20)18-14-10-13(11-19(4)5)8-7-12(14)2/h7-8,10H,6,9,11,17H2,1-5H3,(H,18,20). The van der Waals surface area contributed by atoms with E-state index in [9.17, 15) is 4.79 Å². The Bertz CT molecular complexity index is 467. The summed E-state index contributed by atoms with van der Waals surface area (Å²) in [5.74, 6) is -0.121. The van der Waals surface area contributed by atoms with E-state index in [1.165, 1.54) is 5.56 Å². The molecule has 0 saturated carbocycles. The van der Waals surface area contributed by atoms with E-state index in [1.807, 2.05) is 40.1 Å². The maximum absolute atomic E-state index is 12.3. The Morgan fingerprint density at radius 3 is 2.60 bits per heavy atom. The first-order valence-corrected chi connectivity index (χ1v) is 7.11. The number of nitrogens with zero attached hydrogens (tertiary/aromatic N) is 1. The zero-order valence-corrected chi connectivity index (χ0v) is 13.3. The Morgan fingerprint density at radius 1 is 1.40 bits per heavy atom. The van der Waals surface area contributed by atoms with Crippen LogP contribution in [-0.4, -0.2) is 30.4 Å². The third-order valence-corrected chi connectivity index (χ3v) is 3.34. The smallest absolute Gasteiger partial charge is 0.244 e.